The predicted octanol–water partition coefficient (Wildman–Crippen LogP) is 0.294. The maximum absolute atomic E-state index is 5.86. The topological polar surface area (TPSA) is 49.9 Å². The third kappa shape index (κ3) is 40.6. The SMILES string of the molecule is N=CN.[CsH].[I][Pb][I]. The monoisotopic (exact) mass is 640 g/mol. The molecule has 0 amide bonds. The first-order valence-corrected chi connectivity index (χ1v) is 22.9. The molecule has 0 unspecified atom stereocenters. The Morgan fingerprint density at radius 2 is 1.57 bits per heavy atom. The van der Waals surface area contributed by atoms with Gasteiger partial charge in [-0.1, -0.05) is 0 Å². The molecule has 0 aromatic rings. The Labute approximate surface area is 133 Å². The Morgan fingerprint density at radius 1 is 1.57 bits per heavy atom. The van der Waals surface area contributed by atoms with Gasteiger partial charge in [-0.25, -0.2) is 0 Å². The molecule has 0 bridgehead atoms. The van der Waals surface area contributed by atoms with Crippen LogP contribution in [0.1, 0.15) is 0 Å². The van der Waals surface area contributed by atoms with E-state index in [2.05, 4.69) is 41.3 Å². The minimum atomic E-state index is 0. The minimum absolute atomic E-state index is 0. The van der Waals surface area contributed by atoms with Crippen molar-refractivity contribution in [2.45, 2.75) is 0 Å². The fourth-order valence-corrected chi connectivity index (χ4v) is 0. The van der Waals surface area contributed by atoms with Gasteiger partial charge in [-0.05, 0) is 0 Å². The molecule has 0 aliphatic carbocycles. The van der Waals surface area contributed by atoms with Crippen molar-refractivity contribution in [3.63, 3.8) is 0 Å². The van der Waals surface area contributed by atoms with E-state index < -0.39 is 0 Å². The van der Waals surface area contributed by atoms with Crippen molar-refractivity contribution in [2.75, 3.05) is 0 Å². The van der Waals surface area contributed by atoms with Crippen molar-refractivity contribution in [3.05, 3.63) is 0 Å². The summed E-state index contributed by atoms with van der Waals surface area (Å²) in [5.41, 5.74) is 4.39. The fourth-order valence-electron chi connectivity index (χ4n) is 0. The van der Waals surface area contributed by atoms with Gasteiger partial charge < -0.3 is 5.73 Å². The normalized spacial score (nSPS) is 4.29. The zero-order chi connectivity index (χ0) is 5.41. The first-order valence-electron chi connectivity index (χ1n) is 1.000. The van der Waals surface area contributed by atoms with E-state index in [4.69, 9.17) is 5.41 Å². The Morgan fingerprint density at radius 3 is 1.57 bits per heavy atom. The number of hydrogen-bond acceptors (Lipinski definition) is 1. The summed E-state index contributed by atoms with van der Waals surface area (Å²) in [5, 5.41) is 5.86. The predicted molar refractivity (Wildman–Crippen MR) is 53.9 cm³/mol. The second kappa shape index (κ2) is 22.5. The van der Waals surface area contributed by atoms with Gasteiger partial charge in [0, 0.05) is 0 Å². The molecule has 0 aromatic carbocycles. The van der Waals surface area contributed by atoms with Crippen LogP contribution in [0.15, 0.2) is 0 Å². The summed E-state index contributed by atoms with van der Waals surface area (Å²) in [5.74, 6) is 0. The summed E-state index contributed by atoms with van der Waals surface area (Å²) in [4.78, 5) is 0. The Hall–Kier alpha value is 3.90. The van der Waals surface area contributed by atoms with E-state index in [9.17, 15) is 0 Å². The van der Waals surface area contributed by atoms with Gasteiger partial charge in [-0.3, -0.25) is 5.41 Å². The standard InChI is InChI=1S/CH4N2.Cs.2HI.Pb.H/c2-1-3;;;;;/h1H,(H3,2,3);;2*1H;;/q;;;;+2;/p-2. The number of nitrogens with two attached hydrogens (primary N) is 1. The van der Waals surface area contributed by atoms with Crippen molar-refractivity contribution >= 4 is 126 Å². The third-order valence-corrected chi connectivity index (χ3v) is 0. The summed E-state index contributed by atoms with van der Waals surface area (Å²) >= 11 is 4.96. The average Bonchev–Trinajstić information content (AvgIpc) is 1.39. The second-order valence-corrected chi connectivity index (χ2v) is 28.4. The molecule has 0 saturated heterocycles. The van der Waals surface area contributed by atoms with Gasteiger partial charge in [-0.2, -0.15) is 0 Å². The van der Waals surface area contributed by atoms with Crippen LogP contribution in [-0.2, 0) is 0 Å². The summed E-state index contributed by atoms with van der Waals surface area (Å²) in [6.45, 7) is 0. The average molecular weight is 639 g/mol. The molecule has 0 heterocycles. The van der Waals surface area contributed by atoms with Crippen LogP contribution in [-0.4, -0.2) is 90.9 Å². The van der Waals surface area contributed by atoms with E-state index in [1.165, 1.54) is 0 Å². The van der Waals surface area contributed by atoms with E-state index in [-0.39, 0.29) is 84.5 Å². The summed E-state index contributed by atoms with van der Waals surface area (Å²) in [6.07, 6.45) is 0.750. The second-order valence-electron chi connectivity index (χ2n) is 0.238. The van der Waals surface area contributed by atoms with Crippen LogP contribution in [0.5, 0.6) is 0 Å². The van der Waals surface area contributed by atoms with Crippen molar-refractivity contribution in [2.24, 2.45) is 5.73 Å². The van der Waals surface area contributed by atoms with Crippen LogP contribution in [0, 0.1) is 5.41 Å². The molecular weight excluding hydrogens is 634 g/mol. The first-order chi connectivity index (χ1) is 2.83. The van der Waals surface area contributed by atoms with Crippen molar-refractivity contribution in [1.82, 2.24) is 0 Å². The van der Waals surface area contributed by atoms with Gasteiger partial charge in [0.15, 0.2) is 0 Å². The molecule has 0 spiro atoms. The van der Waals surface area contributed by atoms with Crippen molar-refractivity contribution < 1.29 is 0 Å². The van der Waals surface area contributed by atoms with E-state index in [1.807, 2.05) is 0 Å². The van der Waals surface area contributed by atoms with E-state index in [0.29, 0.717) is 0 Å². The zero-order valence-electron chi connectivity index (χ0n) is 2.91. The molecule has 0 rings (SSSR count). The molecule has 0 aliphatic heterocycles. The van der Waals surface area contributed by atoms with Gasteiger partial charge in [0.1, 0.15) is 0 Å². The van der Waals surface area contributed by atoms with Crippen LogP contribution in [0.25, 0.3) is 0 Å². The van der Waals surface area contributed by atoms with Crippen molar-refractivity contribution in [1.29, 1.82) is 5.41 Å². The van der Waals surface area contributed by atoms with Crippen LogP contribution >= 0.6 is 35.5 Å². The molecule has 3 N–H and O–H groups in total. The summed E-state index contributed by atoms with van der Waals surface area (Å²) in [6, 6.07) is 0. The zero-order valence-corrected chi connectivity index (χ0v) is 11.1. The molecule has 38 valence electrons. The molecule has 0 saturated carbocycles. The number of hydrogen-bond donors (Lipinski definition) is 2. The Kier molecular flexibility index (Phi) is 55.1. The van der Waals surface area contributed by atoms with E-state index in [0.717, 1.165) is 6.34 Å². The van der Waals surface area contributed by atoms with Gasteiger partial charge in [0.05, 0.1) is 6.34 Å². The van der Waals surface area contributed by atoms with Gasteiger partial charge in [0.2, 0.25) is 0 Å². The van der Waals surface area contributed by atoms with Gasteiger partial charge in [-0.15, -0.1) is 0 Å². The molecular formula is CH5CsI2N2Pb. The third-order valence-electron chi connectivity index (χ3n) is 0. The summed E-state index contributed by atoms with van der Waals surface area (Å²) < 4.78 is 0. The molecule has 0 atom stereocenters. The van der Waals surface area contributed by atoms with Gasteiger partial charge in [0.25, 0.3) is 0 Å². The molecule has 6 heteroatoms. The van der Waals surface area contributed by atoms with Crippen LogP contribution in [0.2, 0.25) is 0 Å². The Balaban J connectivity index is -0.0000000400. The maximum atomic E-state index is 5.86. The number of rotatable bonds is 0. The molecule has 0 aliphatic rings. The van der Waals surface area contributed by atoms with E-state index in [1.54, 1.807) is 0 Å². The first kappa shape index (κ1) is 17.1. The Bertz CT molecular complexity index is 29.7. The summed E-state index contributed by atoms with van der Waals surface area (Å²) in [7, 11) is 0. The van der Waals surface area contributed by atoms with Crippen LogP contribution in [0.3, 0.4) is 0 Å². The number of halogens is 2. The number of nitrogens with one attached hydrogen (secondary N) is 1. The molecule has 2 nitrogen and oxygen atoms in total. The van der Waals surface area contributed by atoms with Crippen LogP contribution < -0.4 is 5.73 Å². The molecule has 7 heavy (non-hydrogen) atoms. The molecule has 0 fully saturated rings. The fraction of sp³-hybridized carbons (Fsp3) is 0. The van der Waals surface area contributed by atoms with E-state index >= 15 is 0 Å². The quantitative estimate of drug-likeness (QED) is 0.171. The molecule has 2 radical (unpaired) electrons. The van der Waals surface area contributed by atoms with Crippen molar-refractivity contribution in [3.8, 4) is 0 Å². The molecule has 0 aromatic heterocycles. The van der Waals surface area contributed by atoms with Gasteiger partial charge >= 0.3 is 120 Å². The van der Waals surface area contributed by atoms with Crippen LogP contribution in [0.4, 0.5) is 0 Å².